The molecule has 1 aromatic heterocycles. The summed E-state index contributed by atoms with van der Waals surface area (Å²) in [5.41, 5.74) is 3.45. The maximum atomic E-state index is 5.74. The van der Waals surface area contributed by atoms with Crippen LogP contribution in [0.25, 0.3) is 11.4 Å². The van der Waals surface area contributed by atoms with E-state index in [1.807, 2.05) is 0 Å². The van der Waals surface area contributed by atoms with Gasteiger partial charge in [0, 0.05) is 18.0 Å². The van der Waals surface area contributed by atoms with E-state index in [9.17, 15) is 0 Å². The molecule has 0 unspecified atom stereocenters. The summed E-state index contributed by atoms with van der Waals surface area (Å²) in [5.74, 6) is 0.714. The van der Waals surface area contributed by atoms with Crippen LogP contribution in [0, 0.1) is 13.8 Å². The fourth-order valence-corrected chi connectivity index (χ4v) is 1.66. The molecular weight excluding hydrogens is 208 g/mol. The van der Waals surface area contributed by atoms with Crippen LogP contribution >= 0.6 is 11.6 Å². The van der Waals surface area contributed by atoms with Crippen molar-refractivity contribution < 1.29 is 0 Å². The largest absolute Gasteiger partial charge is 0.235 e. The molecule has 0 aliphatic rings. The molecule has 76 valence electrons. The normalized spacial score (nSPS) is 10.3. The van der Waals surface area contributed by atoms with Crippen LogP contribution in [0.3, 0.4) is 0 Å². The Labute approximate surface area is 94.0 Å². The number of hydrogen-bond donors (Lipinski definition) is 0. The van der Waals surface area contributed by atoms with Gasteiger partial charge < -0.3 is 0 Å². The van der Waals surface area contributed by atoms with Gasteiger partial charge in [-0.1, -0.05) is 28.8 Å². The molecule has 0 saturated heterocycles. The van der Waals surface area contributed by atoms with Gasteiger partial charge in [-0.2, -0.15) is 0 Å². The zero-order valence-corrected chi connectivity index (χ0v) is 9.42. The Bertz CT molecular complexity index is 457. The summed E-state index contributed by atoms with van der Waals surface area (Å²) in [7, 11) is 0. The fraction of sp³-hybridized carbons (Fsp3) is 0.167. The molecule has 15 heavy (non-hydrogen) atoms. The number of rotatable bonds is 1. The third kappa shape index (κ3) is 2.34. The number of nitrogens with zero attached hydrogens (tertiary/aromatic N) is 2. The van der Waals surface area contributed by atoms with Crippen LogP contribution in [-0.2, 0) is 0 Å². The van der Waals surface area contributed by atoms with Crippen molar-refractivity contribution in [2.24, 2.45) is 0 Å². The minimum atomic E-state index is 0.558. The molecule has 2 aromatic rings. The second-order valence-corrected chi connectivity index (χ2v) is 4.04. The fourth-order valence-electron chi connectivity index (χ4n) is 1.57. The summed E-state index contributed by atoms with van der Waals surface area (Å²) in [6, 6.07) is 6.26. The zero-order chi connectivity index (χ0) is 10.8. The van der Waals surface area contributed by atoms with Crippen LogP contribution in [0.5, 0.6) is 0 Å². The van der Waals surface area contributed by atoms with Crippen LogP contribution in [0.4, 0.5) is 0 Å². The molecule has 3 heteroatoms. The average Bonchev–Trinajstić information content (AvgIpc) is 2.17. The summed E-state index contributed by atoms with van der Waals surface area (Å²) < 4.78 is 0. The van der Waals surface area contributed by atoms with E-state index < -0.39 is 0 Å². The minimum Gasteiger partial charge on any atom is -0.235 e. The van der Waals surface area contributed by atoms with Gasteiger partial charge in [0.1, 0.15) is 0 Å². The van der Waals surface area contributed by atoms with Crippen LogP contribution in [-0.4, -0.2) is 9.97 Å². The lowest BCUT2D eigenvalue weighted by Gasteiger charge is -2.03. The molecular formula is C12H11ClN2. The SMILES string of the molecule is Cc1cc(C)cc(-c2ncc(Cl)cn2)c1. The molecule has 2 rings (SSSR count). The molecule has 0 saturated carbocycles. The highest BCUT2D eigenvalue weighted by molar-refractivity contribution is 6.30. The molecule has 0 N–H and O–H groups in total. The first-order valence-electron chi connectivity index (χ1n) is 4.71. The van der Waals surface area contributed by atoms with Crippen molar-refractivity contribution in [1.82, 2.24) is 9.97 Å². The van der Waals surface area contributed by atoms with E-state index >= 15 is 0 Å². The predicted molar refractivity (Wildman–Crippen MR) is 62.0 cm³/mol. The van der Waals surface area contributed by atoms with Crippen molar-refractivity contribution >= 4 is 11.6 Å². The maximum absolute atomic E-state index is 5.74. The van der Waals surface area contributed by atoms with Gasteiger partial charge in [-0.3, -0.25) is 0 Å². The molecule has 0 bridgehead atoms. The van der Waals surface area contributed by atoms with E-state index in [-0.39, 0.29) is 0 Å². The number of aryl methyl sites for hydroxylation is 2. The monoisotopic (exact) mass is 218 g/mol. The first-order chi connectivity index (χ1) is 7.15. The Kier molecular flexibility index (Phi) is 2.69. The second-order valence-electron chi connectivity index (χ2n) is 3.60. The van der Waals surface area contributed by atoms with Gasteiger partial charge in [0.15, 0.2) is 5.82 Å². The average molecular weight is 219 g/mol. The molecule has 0 spiro atoms. The first kappa shape index (κ1) is 10.1. The van der Waals surface area contributed by atoms with Crippen LogP contribution in [0.2, 0.25) is 5.02 Å². The molecule has 1 heterocycles. The van der Waals surface area contributed by atoms with Crippen molar-refractivity contribution in [2.75, 3.05) is 0 Å². The van der Waals surface area contributed by atoms with Crippen molar-refractivity contribution in [3.05, 3.63) is 46.7 Å². The highest BCUT2D eigenvalue weighted by Crippen LogP contribution is 2.18. The lowest BCUT2D eigenvalue weighted by molar-refractivity contribution is 1.17. The van der Waals surface area contributed by atoms with Gasteiger partial charge in [0.2, 0.25) is 0 Å². The third-order valence-electron chi connectivity index (χ3n) is 2.10. The van der Waals surface area contributed by atoms with Crippen LogP contribution in [0.1, 0.15) is 11.1 Å². The lowest BCUT2D eigenvalue weighted by atomic mass is 10.1. The molecule has 0 aliphatic carbocycles. The Morgan fingerprint density at radius 3 is 2.00 bits per heavy atom. The van der Waals surface area contributed by atoms with E-state index in [4.69, 9.17) is 11.6 Å². The predicted octanol–water partition coefficient (Wildman–Crippen LogP) is 3.41. The molecule has 2 nitrogen and oxygen atoms in total. The topological polar surface area (TPSA) is 25.8 Å². The Balaban J connectivity index is 2.49. The van der Waals surface area contributed by atoms with Gasteiger partial charge in [-0.25, -0.2) is 9.97 Å². The third-order valence-corrected chi connectivity index (χ3v) is 2.30. The maximum Gasteiger partial charge on any atom is 0.159 e. The Hall–Kier alpha value is -1.41. The molecule has 0 aliphatic heterocycles. The van der Waals surface area contributed by atoms with Gasteiger partial charge >= 0.3 is 0 Å². The highest BCUT2D eigenvalue weighted by atomic mass is 35.5. The van der Waals surface area contributed by atoms with Crippen molar-refractivity contribution in [1.29, 1.82) is 0 Å². The van der Waals surface area contributed by atoms with Gasteiger partial charge in [0.25, 0.3) is 0 Å². The smallest absolute Gasteiger partial charge is 0.159 e. The molecule has 0 amide bonds. The molecule has 0 fully saturated rings. The molecule has 1 aromatic carbocycles. The summed E-state index contributed by atoms with van der Waals surface area (Å²) in [4.78, 5) is 8.38. The van der Waals surface area contributed by atoms with Crippen molar-refractivity contribution in [3.8, 4) is 11.4 Å². The number of halogens is 1. The first-order valence-corrected chi connectivity index (χ1v) is 5.09. The van der Waals surface area contributed by atoms with E-state index in [0.717, 1.165) is 5.56 Å². The summed E-state index contributed by atoms with van der Waals surface area (Å²) in [6.45, 7) is 4.12. The summed E-state index contributed by atoms with van der Waals surface area (Å²) >= 11 is 5.74. The van der Waals surface area contributed by atoms with Crippen LogP contribution < -0.4 is 0 Å². The van der Waals surface area contributed by atoms with E-state index in [2.05, 4.69) is 42.0 Å². The Morgan fingerprint density at radius 1 is 0.933 bits per heavy atom. The Morgan fingerprint density at radius 2 is 1.47 bits per heavy atom. The van der Waals surface area contributed by atoms with Crippen LogP contribution in [0.15, 0.2) is 30.6 Å². The standard InChI is InChI=1S/C12H11ClN2/c1-8-3-9(2)5-10(4-8)12-14-6-11(13)7-15-12/h3-7H,1-2H3. The molecule has 0 radical (unpaired) electrons. The lowest BCUT2D eigenvalue weighted by Crippen LogP contribution is -1.89. The molecule has 0 atom stereocenters. The van der Waals surface area contributed by atoms with Crippen molar-refractivity contribution in [2.45, 2.75) is 13.8 Å². The number of hydrogen-bond acceptors (Lipinski definition) is 2. The van der Waals surface area contributed by atoms with Crippen molar-refractivity contribution in [3.63, 3.8) is 0 Å². The quantitative estimate of drug-likeness (QED) is 0.733. The highest BCUT2D eigenvalue weighted by Gasteiger charge is 2.02. The minimum absolute atomic E-state index is 0.558. The van der Waals surface area contributed by atoms with E-state index in [1.54, 1.807) is 12.4 Å². The number of benzene rings is 1. The number of aromatic nitrogens is 2. The zero-order valence-electron chi connectivity index (χ0n) is 8.66. The van der Waals surface area contributed by atoms with Gasteiger partial charge in [0.05, 0.1) is 5.02 Å². The van der Waals surface area contributed by atoms with E-state index in [0.29, 0.717) is 10.8 Å². The van der Waals surface area contributed by atoms with E-state index in [1.165, 1.54) is 11.1 Å². The summed E-state index contributed by atoms with van der Waals surface area (Å²) in [5, 5.41) is 0.558. The summed E-state index contributed by atoms with van der Waals surface area (Å²) in [6.07, 6.45) is 3.23. The second kappa shape index (κ2) is 3.99. The van der Waals surface area contributed by atoms with Gasteiger partial charge in [-0.15, -0.1) is 0 Å². The van der Waals surface area contributed by atoms with Gasteiger partial charge in [-0.05, 0) is 26.0 Å².